The first-order chi connectivity index (χ1) is 13.2. The molecule has 1 aliphatic heterocycles. The predicted octanol–water partition coefficient (Wildman–Crippen LogP) is 5.13. The van der Waals surface area contributed by atoms with Crippen LogP contribution < -0.4 is 4.74 Å². The quantitative estimate of drug-likeness (QED) is 0.590. The summed E-state index contributed by atoms with van der Waals surface area (Å²) in [6.07, 6.45) is 2.29. The van der Waals surface area contributed by atoms with Gasteiger partial charge in [0, 0.05) is 16.6 Å². The monoisotopic (exact) mass is 383 g/mol. The SMILES string of the molecule is CCOc1ccc([C@@H]2CCCN2Cc2nc(-c3ccc(Cl)cc3)no2)cc1. The van der Waals surface area contributed by atoms with E-state index < -0.39 is 0 Å². The molecule has 5 nitrogen and oxygen atoms in total. The van der Waals surface area contributed by atoms with E-state index in [-0.39, 0.29) is 0 Å². The van der Waals surface area contributed by atoms with E-state index in [0.717, 1.165) is 30.7 Å². The number of halogens is 1. The van der Waals surface area contributed by atoms with E-state index in [0.29, 0.717) is 35.9 Å². The molecule has 140 valence electrons. The van der Waals surface area contributed by atoms with Gasteiger partial charge in [-0.1, -0.05) is 28.9 Å². The molecule has 0 radical (unpaired) electrons. The van der Waals surface area contributed by atoms with Gasteiger partial charge in [-0.25, -0.2) is 0 Å². The van der Waals surface area contributed by atoms with Gasteiger partial charge in [-0.15, -0.1) is 0 Å². The lowest BCUT2D eigenvalue weighted by molar-refractivity contribution is 0.212. The molecule has 27 heavy (non-hydrogen) atoms. The van der Waals surface area contributed by atoms with Crippen LogP contribution in [0.2, 0.25) is 5.02 Å². The van der Waals surface area contributed by atoms with E-state index in [2.05, 4.69) is 27.2 Å². The second kappa shape index (κ2) is 8.11. The first-order valence-corrected chi connectivity index (χ1v) is 9.66. The molecule has 1 saturated heterocycles. The summed E-state index contributed by atoms with van der Waals surface area (Å²) in [7, 11) is 0. The van der Waals surface area contributed by atoms with E-state index in [4.69, 9.17) is 20.9 Å². The molecule has 1 aliphatic rings. The number of benzene rings is 2. The van der Waals surface area contributed by atoms with Crippen LogP contribution in [-0.2, 0) is 6.54 Å². The van der Waals surface area contributed by atoms with Crippen molar-refractivity contribution in [3.63, 3.8) is 0 Å². The minimum absolute atomic E-state index is 0.367. The highest BCUT2D eigenvalue weighted by Gasteiger charge is 2.27. The standard InChI is InChI=1S/C21H22ClN3O2/c1-2-26-18-11-7-15(8-12-18)19-4-3-13-25(19)14-20-23-21(24-27-20)16-5-9-17(22)10-6-16/h5-12,19H,2-4,13-14H2,1H3/t19-/m0/s1. The molecule has 6 heteroatoms. The summed E-state index contributed by atoms with van der Waals surface area (Å²) in [5, 5.41) is 4.81. The second-order valence-corrected chi connectivity index (χ2v) is 7.09. The van der Waals surface area contributed by atoms with Crippen molar-refractivity contribution in [2.75, 3.05) is 13.2 Å². The summed E-state index contributed by atoms with van der Waals surface area (Å²) < 4.78 is 11.0. The molecule has 0 amide bonds. The fourth-order valence-electron chi connectivity index (χ4n) is 3.55. The average Bonchev–Trinajstić information content (AvgIpc) is 3.34. The Morgan fingerprint density at radius 3 is 2.67 bits per heavy atom. The molecule has 0 N–H and O–H groups in total. The number of rotatable bonds is 6. The third kappa shape index (κ3) is 4.15. The Hall–Kier alpha value is -2.37. The Kier molecular flexibility index (Phi) is 5.41. The van der Waals surface area contributed by atoms with Gasteiger partial charge in [0.2, 0.25) is 11.7 Å². The zero-order valence-electron chi connectivity index (χ0n) is 15.3. The van der Waals surface area contributed by atoms with Crippen molar-refractivity contribution in [1.82, 2.24) is 15.0 Å². The third-order valence-corrected chi connectivity index (χ3v) is 5.10. The number of hydrogen-bond donors (Lipinski definition) is 0. The van der Waals surface area contributed by atoms with E-state index in [1.165, 1.54) is 5.56 Å². The maximum atomic E-state index is 5.94. The van der Waals surface area contributed by atoms with Gasteiger partial charge in [0.15, 0.2) is 0 Å². The average molecular weight is 384 g/mol. The fourth-order valence-corrected chi connectivity index (χ4v) is 3.68. The first-order valence-electron chi connectivity index (χ1n) is 9.28. The Labute approximate surface area is 163 Å². The number of ether oxygens (including phenoxy) is 1. The Balaban J connectivity index is 1.46. The van der Waals surface area contributed by atoms with Crippen LogP contribution >= 0.6 is 11.6 Å². The van der Waals surface area contributed by atoms with Crippen LogP contribution in [0.25, 0.3) is 11.4 Å². The molecule has 0 spiro atoms. The Morgan fingerprint density at radius 1 is 1.15 bits per heavy atom. The van der Waals surface area contributed by atoms with Crippen molar-refractivity contribution in [1.29, 1.82) is 0 Å². The fraction of sp³-hybridized carbons (Fsp3) is 0.333. The topological polar surface area (TPSA) is 51.4 Å². The molecule has 0 saturated carbocycles. The van der Waals surface area contributed by atoms with Gasteiger partial charge in [0.25, 0.3) is 0 Å². The number of nitrogens with zero attached hydrogens (tertiary/aromatic N) is 3. The number of hydrogen-bond acceptors (Lipinski definition) is 5. The summed E-state index contributed by atoms with van der Waals surface area (Å²) in [5.41, 5.74) is 2.20. The molecule has 3 aromatic rings. The summed E-state index contributed by atoms with van der Waals surface area (Å²) >= 11 is 5.94. The van der Waals surface area contributed by atoms with Crippen LogP contribution in [-0.4, -0.2) is 28.2 Å². The molecule has 0 unspecified atom stereocenters. The molecule has 4 rings (SSSR count). The molecule has 1 atom stereocenters. The Morgan fingerprint density at radius 2 is 1.93 bits per heavy atom. The molecular weight excluding hydrogens is 362 g/mol. The highest BCUT2D eigenvalue weighted by molar-refractivity contribution is 6.30. The minimum atomic E-state index is 0.367. The molecule has 0 bridgehead atoms. The largest absolute Gasteiger partial charge is 0.494 e. The van der Waals surface area contributed by atoms with Crippen molar-refractivity contribution >= 4 is 11.6 Å². The van der Waals surface area contributed by atoms with Gasteiger partial charge in [0.05, 0.1) is 13.2 Å². The lowest BCUT2D eigenvalue weighted by Crippen LogP contribution is -2.22. The van der Waals surface area contributed by atoms with Crippen LogP contribution in [0, 0.1) is 0 Å². The molecule has 1 aromatic heterocycles. The minimum Gasteiger partial charge on any atom is -0.494 e. The van der Waals surface area contributed by atoms with Gasteiger partial charge in [-0.3, -0.25) is 4.90 Å². The zero-order chi connectivity index (χ0) is 18.6. The van der Waals surface area contributed by atoms with Gasteiger partial charge < -0.3 is 9.26 Å². The van der Waals surface area contributed by atoms with E-state index in [1.807, 2.05) is 43.3 Å². The summed E-state index contributed by atoms with van der Waals surface area (Å²) in [6, 6.07) is 16.2. The van der Waals surface area contributed by atoms with Crippen molar-refractivity contribution < 1.29 is 9.26 Å². The molecule has 1 fully saturated rings. The van der Waals surface area contributed by atoms with E-state index >= 15 is 0 Å². The molecule has 2 aromatic carbocycles. The second-order valence-electron chi connectivity index (χ2n) is 6.65. The van der Waals surface area contributed by atoms with Gasteiger partial charge in [-0.05, 0) is 68.3 Å². The smallest absolute Gasteiger partial charge is 0.241 e. The summed E-state index contributed by atoms with van der Waals surface area (Å²) in [6.45, 7) is 4.35. The van der Waals surface area contributed by atoms with E-state index in [1.54, 1.807) is 0 Å². The number of aromatic nitrogens is 2. The summed E-state index contributed by atoms with van der Waals surface area (Å²) in [4.78, 5) is 6.96. The van der Waals surface area contributed by atoms with Crippen molar-refractivity contribution in [2.24, 2.45) is 0 Å². The van der Waals surface area contributed by atoms with Gasteiger partial charge in [0.1, 0.15) is 5.75 Å². The van der Waals surface area contributed by atoms with Crippen molar-refractivity contribution in [2.45, 2.75) is 32.4 Å². The van der Waals surface area contributed by atoms with Crippen molar-refractivity contribution in [3.8, 4) is 17.1 Å². The number of likely N-dealkylation sites (tertiary alicyclic amines) is 1. The third-order valence-electron chi connectivity index (χ3n) is 4.85. The first kappa shape index (κ1) is 18.0. The van der Waals surface area contributed by atoms with Gasteiger partial charge >= 0.3 is 0 Å². The molecule has 2 heterocycles. The molecule has 0 aliphatic carbocycles. The summed E-state index contributed by atoms with van der Waals surface area (Å²) in [5.74, 6) is 2.14. The molecular formula is C21H22ClN3O2. The van der Waals surface area contributed by atoms with Crippen LogP contribution in [0.5, 0.6) is 5.75 Å². The highest BCUT2D eigenvalue weighted by Crippen LogP contribution is 2.34. The van der Waals surface area contributed by atoms with Crippen LogP contribution in [0.4, 0.5) is 0 Å². The van der Waals surface area contributed by atoms with Crippen LogP contribution in [0.15, 0.2) is 53.1 Å². The van der Waals surface area contributed by atoms with Gasteiger partial charge in [-0.2, -0.15) is 4.98 Å². The lowest BCUT2D eigenvalue weighted by atomic mass is 10.0. The lowest BCUT2D eigenvalue weighted by Gasteiger charge is -2.23. The zero-order valence-corrected chi connectivity index (χ0v) is 16.0. The maximum Gasteiger partial charge on any atom is 0.241 e. The Bertz CT molecular complexity index is 877. The van der Waals surface area contributed by atoms with Crippen molar-refractivity contribution in [3.05, 3.63) is 65.0 Å². The normalized spacial score (nSPS) is 17.3. The maximum absolute atomic E-state index is 5.94. The van der Waals surface area contributed by atoms with Crippen LogP contribution in [0.1, 0.15) is 37.3 Å². The van der Waals surface area contributed by atoms with E-state index in [9.17, 15) is 0 Å². The highest BCUT2D eigenvalue weighted by atomic mass is 35.5. The van der Waals surface area contributed by atoms with Crippen LogP contribution in [0.3, 0.4) is 0 Å². The predicted molar refractivity (Wildman–Crippen MR) is 105 cm³/mol.